The van der Waals surface area contributed by atoms with Crippen LogP contribution in [0.2, 0.25) is 0 Å². The van der Waals surface area contributed by atoms with Crippen LogP contribution < -0.4 is 5.32 Å². The largest absolute Gasteiger partial charge is 0.308 e. The highest BCUT2D eigenvalue weighted by Gasteiger charge is 2.39. The molecule has 3 aliphatic rings. The first-order chi connectivity index (χ1) is 16.9. The van der Waals surface area contributed by atoms with Gasteiger partial charge in [0.2, 0.25) is 10.0 Å². The first-order valence-electron chi connectivity index (χ1n) is 13.8. The van der Waals surface area contributed by atoms with Crippen LogP contribution in [0.25, 0.3) is 0 Å². The average Bonchev–Trinajstić information content (AvgIpc) is 3.20. The number of likely N-dealkylation sites (N-methyl/N-ethyl adjacent to an activating group) is 1. The van der Waals surface area contributed by atoms with E-state index in [1.54, 1.807) is 28.6 Å². The van der Waals surface area contributed by atoms with Gasteiger partial charge in [-0.1, -0.05) is 51.2 Å². The van der Waals surface area contributed by atoms with Gasteiger partial charge in [0.15, 0.2) is 5.78 Å². The zero-order valence-corrected chi connectivity index (χ0v) is 22.3. The van der Waals surface area contributed by atoms with E-state index in [9.17, 15) is 13.2 Å². The van der Waals surface area contributed by atoms with E-state index >= 15 is 0 Å². The molecule has 4 rings (SSSR count). The van der Waals surface area contributed by atoms with Gasteiger partial charge in [-0.05, 0) is 44.4 Å². The Morgan fingerprint density at radius 1 is 0.914 bits per heavy atom. The molecule has 0 bridgehead atoms. The summed E-state index contributed by atoms with van der Waals surface area (Å²) >= 11 is 0. The van der Waals surface area contributed by atoms with Crippen molar-refractivity contribution in [2.75, 3.05) is 58.9 Å². The molecule has 0 aromatic heterocycles. The average molecular weight is 505 g/mol. The third-order valence-electron chi connectivity index (χ3n) is 8.37. The van der Waals surface area contributed by atoms with Gasteiger partial charge in [-0.2, -0.15) is 4.31 Å². The van der Waals surface area contributed by atoms with Crippen molar-refractivity contribution in [2.45, 2.75) is 75.1 Å². The van der Waals surface area contributed by atoms with Gasteiger partial charge in [0.25, 0.3) is 0 Å². The molecule has 196 valence electrons. The Morgan fingerprint density at radius 2 is 1.57 bits per heavy atom. The van der Waals surface area contributed by atoms with E-state index in [-0.39, 0.29) is 22.8 Å². The number of carbonyl (C=O) groups excluding carboxylic acids is 1. The lowest BCUT2D eigenvalue weighted by Gasteiger charge is -2.50. The van der Waals surface area contributed by atoms with E-state index in [0.717, 1.165) is 65.0 Å². The molecule has 0 atom stereocenters. The zero-order valence-electron chi connectivity index (χ0n) is 21.5. The molecule has 1 aromatic rings. The maximum Gasteiger partial charge on any atom is 0.243 e. The molecule has 1 saturated carbocycles. The fourth-order valence-corrected chi connectivity index (χ4v) is 7.69. The van der Waals surface area contributed by atoms with Gasteiger partial charge in [-0.15, -0.1) is 0 Å². The summed E-state index contributed by atoms with van der Waals surface area (Å²) in [5.74, 6) is -0.0420. The van der Waals surface area contributed by atoms with Crippen LogP contribution in [0.3, 0.4) is 0 Å². The topological polar surface area (TPSA) is 73.0 Å². The van der Waals surface area contributed by atoms with Crippen LogP contribution in [0.5, 0.6) is 0 Å². The number of nitrogens with one attached hydrogen (secondary N) is 1. The second-order valence-electron chi connectivity index (χ2n) is 10.6. The van der Waals surface area contributed by atoms with Crippen molar-refractivity contribution in [3.63, 3.8) is 0 Å². The minimum absolute atomic E-state index is 0.0420. The van der Waals surface area contributed by atoms with Crippen molar-refractivity contribution in [1.29, 1.82) is 0 Å². The quantitative estimate of drug-likeness (QED) is 0.520. The fourth-order valence-electron chi connectivity index (χ4n) is 6.13. The van der Waals surface area contributed by atoms with Crippen LogP contribution in [0.15, 0.2) is 29.2 Å². The maximum atomic E-state index is 13.2. The molecule has 2 heterocycles. The Hall–Kier alpha value is -1.32. The molecular weight excluding hydrogens is 460 g/mol. The molecule has 7 nitrogen and oxygen atoms in total. The first-order valence-corrected chi connectivity index (χ1v) is 15.2. The summed E-state index contributed by atoms with van der Waals surface area (Å²) < 4.78 is 28.0. The summed E-state index contributed by atoms with van der Waals surface area (Å²) in [7, 11) is -3.56. The number of ketones is 1. The van der Waals surface area contributed by atoms with E-state index in [1.165, 1.54) is 32.1 Å². The van der Waals surface area contributed by atoms with Gasteiger partial charge >= 0.3 is 0 Å². The fraction of sp³-hybridized carbons (Fsp3) is 0.741. The van der Waals surface area contributed by atoms with Gasteiger partial charge in [0, 0.05) is 56.9 Å². The van der Waals surface area contributed by atoms with Crippen molar-refractivity contribution >= 4 is 15.8 Å². The number of nitrogens with zero attached hydrogens (tertiary/aromatic N) is 3. The molecule has 2 saturated heterocycles. The summed E-state index contributed by atoms with van der Waals surface area (Å²) in [5.41, 5.74) is 0.610. The molecule has 1 aromatic carbocycles. The van der Waals surface area contributed by atoms with Crippen molar-refractivity contribution in [1.82, 2.24) is 19.4 Å². The van der Waals surface area contributed by atoms with Crippen molar-refractivity contribution in [3.8, 4) is 0 Å². The summed E-state index contributed by atoms with van der Waals surface area (Å²) in [6.45, 7) is 9.96. The zero-order chi connectivity index (χ0) is 24.7. The summed E-state index contributed by atoms with van der Waals surface area (Å²) in [4.78, 5) is 18.5. The van der Waals surface area contributed by atoms with Crippen LogP contribution >= 0.6 is 0 Å². The highest BCUT2D eigenvalue weighted by molar-refractivity contribution is 7.89. The number of hydrogen-bond acceptors (Lipinski definition) is 6. The Balaban J connectivity index is 1.38. The van der Waals surface area contributed by atoms with Crippen LogP contribution in [-0.4, -0.2) is 92.7 Å². The third-order valence-corrected chi connectivity index (χ3v) is 10.3. The molecule has 35 heavy (non-hydrogen) atoms. The lowest BCUT2D eigenvalue weighted by molar-refractivity contribution is 0.00929. The van der Waals surface area contributed by atoms with E-state index in [0.29, 0.717) is 18.7 Å². The minimum Gasteiger partial charge on any atom is -0.308 e. The number of sulfonamides is 1. The number of rotatable bonds is 9. The van der Waals surface area contributed by atoms with Crippen LogP contribution in [0.1, 0.15) is 75.1 Å². The Bertz CT molecular complexity index is 929. The highest BCUT2D eigenvalue weighted by atomic mass is 32.2. The number of Topliss-reactive ketones (excluding diaryl/α,β-unsaturated/α-hetero) is 1. The predicted molar refractivity (Wildman–Crippen MR) is 140 cm³/mol. The highest BCUT2D eigenvalue weighted by Crippen LogP contribution is 2.34. The number of benzene rings is 1. The van der Waals surface area contributed by atoms with E-state index < -0.39 is 10.0 Å². The summed E-state index contributed by atoms with van der Waals surface area (Å²) in [6.07, 6.45) is 10.1. The van der Waals surface area contributed by atoms with Crippen molar-refractivity contribution in [3.05, 3.63) is 29.8 Å². The number of hydrogen-bond donors (Lipinski definition) is 1. The third kappa shape index (κ3) is 6.52. The van der Waals surface area contributed by atoms with E-state index in [4.69, 9.17) is 0 Å². The molecular formula is C27H44N4O3S. The molecule has 0 spiro atoms. The second kappa shape index (κ2) is 12.3. The Morgan fingerprint density at radius 3 is 2.23 bits per heavy atom. The molecule has 0 radical (unpaired) electrons. The Labute approximate surface area is 212 Å². The van der Waals surface area contributed by atoms with Gasteiger partial charge in [-0.3, -0.25) is 9.69 Å². The minimum atomic E-state index is -3.56. The van der Waals surface area contributed by atoms with Gasteiger partial charge in [-0.25, -0.2) is 8.42 Å². The molecule has 1 N–H and O–H groups in total. The van der Waals surface area contributed by atoms with E-state index in [2.05, 4.69) is 22.0 Å². The van der Waals surface area contributed by atoms with Crippen LogP contribution in [0.4, 0.5) is 0 Å². The number of piperazine rings is 1. The second-order valence-corrected chi connectivity index (χ2v) is 12.5. The lowest BCUT2D eigenvalue weighted by atomic mass is 9.79. The normalized spacial score (nSPS) is 23.1. The van der Waals surface area contributed by atoms with E-state index in [1.807, 2.05) is 0 Å². The van der Waals surface area contributed by atoms with Crippen molar-refractivity contribution < 1.29 is 13.2 Å². The first kappa shape index (κ1) is 26.7. The van der Waals surface area contributed by atoms with Crippen LogP contribution in [0, 0.1) is 0 Å². The molecule has 3 fully saturated rings. The smallest absolute Gasteiger partial charge is 0.243 e. The molecule has 8 heteroatoms. The number of carbonyl (C=O) groups is 1. The molecule has 1 aliphatic carbocycles. The maximum absolute atomic E-state index is 13.2. The SMILES string of the molecule is CCN1CCN(C2(CNCC(=O)c3cccc(S(=O)(=O)N4CCCCCC4)c3)CCCCC2)CC1. The Kier molecular flexibility index (Phi) is 9.38. The lowest BCUT2D eigenvalue weighted by Crippen LogP contribution is -2.61. The standard InChI is InChI=1S/C27H44N4O3S/c1-2-29-17-19-30(20-18-29)27(13-6-5-7-14-27)23-28-22-26(32)24-11-10-12-25(21-24)35(33,34)31-15-8-3-4-9-16-31/h10-12,21,28H,2-9,13-20,22-23H2,1H3. The van der Waals surface area contributed by atoms with Gasteiger partial charge in [0.1, 0.15) is 0 Å². The predicted octanol–water partition coefficient (Wildman–Crippen LogP) is 3.36. The molecule has 2 aliphatic heterocycles. The van der Waals surface area contributed by atoms with Crippen LogP contribution in [-0.2, 0) is 10.0 Å². The molecule has 0 amide bonds. The summed E-state index contributed by atoms with van der Waals surface area (Å²) in [5, 5.41) is 3.48. The molecule has 0 unspecified atom stereocenters. The monoisotopic (exact) mass is 504 g/mol. The summed E-state index contributed by atoms with van der Waals surface area (Å²) in [6, 6.07) is 6.64. The van der Waals surface area contributed by atoms with Crippen molar-refractivity contribution in [2.24, 2.45) is 0 Å². The van der Waals surface area contributed by atoms with Gasteiger partial charge in [0.05, 0.1) is 11.4 Å². The van der Waals surface area contributed by atoms with Gasteiger partial charge < -0.3 is 10.2 Å².